The molecule has 0 saturated carbocycles. The molecule has 3 rings (SSSR count). The van der Waals surface area contributed by atoms with E-state index in [0.29, 0.717) is 37.7 Å². The van der Waals surface area contributed by atoms with Crippen molar-refractivity contribution in [2.24, 2.45) is 11.8 Å². The molecular weight excluding hydrogens is 404 g/mol. The molecule has 7 heteroatoms. The maximum Gasteiger partial charge on any atom is 0.257 e. The van der Waals surface area contributed by atoms with Crippen LogP contribution in [0.15, 0.2) is 36.5 Å². The number of carbonyl (C=O) groups is 2. The van der Waals surface area contributed by atoms with E-state index in [1.165, 1.54) is 0 Å². The van der Waals surface area contributed by atoms with Gasteiger partial charge in [-0.3, -0.25) is 9.59 Å². The molecule has 1 unspecified atom stereocenters. The van der Waals surface area contributed by atoms with E-state index in [1.807, 2.05) is 69.1 Å². The zero-order valence-electron chi connectivity index (χ0n) is 19.7. The highest BCUT2D eigenvalue weighted by atomic mass is 16.5. The zero-order chi connectivity index (χ0) is 23.1. The summed E-state index contributed by atoms with van der Waals surface area (Å²) in [7, 11) is 0. The van der Waals surface area contributed by atoms with Gasteiger partial charge in [0.25, 0.3) is 5.91 Å². The van der Waals surface area contributed by atoms with Crippen molar-refractivity contribution in [3.63, 3.8) is 0 Å². The lowest BCUT2D eigenvalue weighted by Gasteiger charge is -2.34. The molecule has 1 atom stereocenters. The predicted molar refractivity (Wildman–Crippen MR) is 125 cm³/mol. The average molecular weight is 441 g/mol. The zero-order valence-corrected chi connectivity index (χ0v) is 19.7. The van der Waals surface area contributed by atoms with E-state index < -0.39 is 0 Å². The maximum atomic E-state index is 13.1. The van der Waals surface area contributed by atoms with Crippen LogP contribution < -0.4 is 5.32 Å². The predicted octanol–water partition coefficient (Wildman–Crippen LogP) is 3.60. The topological polar surface area (TPSA) is 76.5 Å². The van der Waals surface area contributed by atoms with E-state index in [1.54, 1.807) is 4.68 Å². The van der Waals surface area contributed by atoms with E-state index in [4.69, 9.17) is 4.74 Å². The number of amides is 2. The molecule has 2 heterocycles. The van der Waals surface area contributed by atoms with Gasteiger partial charge in [-0.05, 0) is 58.1 Å². The third-order valence-corrected chi connectivity index (χ3v) is 6.17. The molecule has 174 valence electrons. The van der Waals surface area contributed by atoms with Gasteiger partial charge >= 0.3 is 0 Å². The van der Waals surface area contributed by atoms with Crippen molar-refractivity contribution in [1.82, 2.24) is 20.0 Å². The first kappa shape index (κ1) is 24.0. The Morgan fingerprint density at radius 3 is 2.50 bits per heavy atom. The molecule has 1 aromatic heterocycles. The van der Waals surface area contributed by atoms with Crippen LogP contribution in [0.1, 0.15) is 56.1 Å². The highest BCUT2D eigenvalue weighted by molar-refractivity contribution is 5.95. The number of hydrogen-bond acceptors (Lipinski definition) is 4. The van der Waals surface area contributed by atoms with Crippen LogP contribution in [0.5, 0.6) is 0 Å². The van der Waals surface area contributed by atoms with E-state index in [9.17, 15) is 9.59 Å². The number of carbonyl (C=O) groups excluding carboxylic acids is 2. The highest BCUT2D eigenvalue weighted by Crippen LogP contribution is 2.26. The summed E-state index contributed by atoms with van der Waals surface area (Å²) in [4.78, 5) is 27.5. The first-order chi connectivity index (χ1) is 15.4. The van der Waals surface area contributed by atoms with Crippen LogP contribution in [0.25, 0.3) is 5.69 Å². The Bertz CT molecular complexity index is 886. The third-order valence-electron chi connectivity index (χ3n) is 6.17. The Morgan fingerprint density at radius 1 is 1.16 bits per heavy atom. The van der Waals surface area contributed by atoms with Crippen molar-refractivity contribution < 1.29 is 14.3 Å². The third kappa shape index (κ3) is 6.19. The molecule has 1 aliphatic rings. The van der Waals surface area contributed by atoms with Gasteiger partial charge in [0.05, 0.1) is 23.0 Å². The largest absolute Gasteiger partial charge is 0.379 e. The number of likely N-dealkylation sites (tertiary alicyclic amines) is 1. The second kappa shape index (κ2) is 11.3. The SMILES string of the molecule is Cc1nn(-c2ccccc2)cc1C(=O)N1CCC(C(C)C(=O)NCCCOC(C)C)CC1. The van der Waals surface area contributed by atoms with Gasteiger partial charge in [0.2, 0.25) is 5.91 Å². The molecule has 2 amide bonds. The number of benzene rings is 1. The molecule has 1 N–H and O–H groups in total. The minimum atomic E-state index is -0.0548. The monoisotopic (exact) mass is 440 g/mol. The number of rotatable bonds is 9. The second-order valence-electron chi connectivity index (χ2n) is 8.89. The quantitative estimate of drug-likeness (QED) is 0.605. The molecule has 0 radical (unpaired) electrons. The lowest BCUT2D eigenvalue weighted by atomic mass is 9.84. The molecule has 1 aromatic carbocycles. The minimum Gasteiger partial charge on any atom is -0.379 e. The van der Waals surface area contributed by atoms with Crippen molar-refractivity contribution in [2.45, 2.75) is 53.1 Å². The van der Waals surface area contributed by atoms with Gasteiger partial charge in [0, 0.05) is 38.4 Å². The van der Waals surface area contributed by atoms with Crippen molar-refractivity contribution >= 4 is 11.8 Å². The van der Waals surface area contributed by atoms with Crippen LogP contribution >= 0.6 is 0 Å². The number of aryl methyl sites for hydroxylation is 1. The molecule has 32 heavy (non-hydrogen) atoms. The number of piperidine rings is 1. The molecular formula is C25H36N4O3. The van der Waals surface area contributed by atoms with Crippen LogP contribution in [0.3, 0.4) is 0 Å². The molecule has 1 aliphatic heterocycles. The number of hydrogen-bond donors (Lipinski definition) is 1. The standard InChI is InChI=1S/C25H36N4O3/c1-18(2)32-16-8-13-26-24(30)19(3)21-11-14-28(15-12-21)25(31)23-17-29(27-20(23)4)22-9-6-5-7-10-22/h5-7,9-10,17-19,21H,8,11-16H2,1-4H3,(H,26,30). The lowest BCUT2D eigenvalue weighted by molar-refractivity contribution is -0.126. The lowest BCUT2D eigenvalue weighted by Crippen LogP contribution is -2.43. The summed E-state index contributed by atoms with van der Waals surface area (Å²) in [6, 6.07) is 9.80. The summed E-state index contributed by atoms with van der Waals surface area (Å²) in [6.45, 7) is 10.5. The number of ether oxygens (including phenoxy) is 1. The number of nitrogens with zero attached hydrogens (tertiary/aromatic N) is 3. The molecule has 7 nitrogen and oxygen atoms in total. The van der Waals surface area contributed by atoms with Crippen LogP contribution in [-0.4, -0.2) is 58.8 Å². The highest BCUT2D eigenvalue weighted by Gasteiger charge is 2.31. The molecule has 0 aliphatic carbocycles. The fraction of sp³-hybridized carbons (Fsp3) is 0.560. The number of para-hydroxylation sites is 1. The van der Waals surface area contributed by atoms with Gasteiger partial charge in [0.15, 0.2) is 0 Å². The van der Waals surface area contributed by atoms with E-state index in [0.717, 1.165) is 30.6 Å². The minimum absolute atomic E-state index is 0.0189. The smallest absolute Gasteiger partial charge is 0.257 e. The summed E-state index contributed by atoms with van der Waals surface area (Å²) >= 11 is 0. The fourth-order valence-corrected chi connectivity index (χ4v) is 4.13. The Balaban J connectivity index is 1.48. The Kier molecular flexibility index (Phi) is 8.45. The van der Waals surface area contributed by atoms with Crippen LogP contribution in [0, 0.1) is 18.8 Å². The number of nitrogens with one attached hydrogen (secondary N) is 1. The maximum absolute atomic E-state index is 13.1. The van der Waals surface area contributed by atoms with E-state index in [2.05, 4.69) is 10.4 Å². The van der Waals surface area contributed by atoms with Gasteiger partial charge in [-0.25, -0.2) is 4.68 Å². The normalized spacial score (nSPS) is 15.7. The molecule has 0 spiro atoms. The van der Waals surface area contributed by atoms with E-state index in [-0.39, 0.29) is 23.8 Å². The molecule has 2 aromatic rings. The second-order valence-corrected chi connectivity index (χ2v) is 8.89. The Hall–Kier alpha value is -2.67. The molecule has 0 bridgehead atoms. The van der Waals surface area contributed by atoms with Gasteiger partial charge in [-0.1, -0.05) is 25.1 Å². The van der Waals surface area contributed by atoms with Gasteiger partial charge < -0.3 is 15.0 Å². The fourth-order valence-electron chi connectivity index (χ4n) is 4.13. The first-order valence-corrected chi connectivity index (χ1v) is 11.7. The summed E-state index contributed by atoms with van der Waals surface area (Å²) in [6.07, 6.45) is 4.53. The summed E-state index contributed by atoms with van der Waals surface area (Å²) in [5.74, 6) is 0.352. The van der Waals surface area contributed by atoms with Crippen LogP contribution in [-0.2, 0) is 9.53 Å². The molecule has 1 fully saturated rings. The summed E-state index contributed by atoms with van der Waals surface area (Å²) in [5.41, 5.74) is 2.31. The molecule has 1 saturated heterocycles. The van der Waals surface area contributed by atoms with Crippen LogP contribution in [0.4, 0.5) is 0 Å². The van der Waals surface area contributed by atoms with Crippen molar-refractivity contribution in [2.75, 3.05) is 26.2 Å². The first-order valence-electron chi connectivity index (χ1n) is 11.7. The van der Waals surface area contributed by atoms with Crippen molar-refractivity contribution in [3.05, 3.63) is 47.8 Å². The Labute approximate surface area is 191 Å². The van der Waals surface area contributed by atoms with Crippen molar-refractivity contribution in [1.29, 1.82) is 0 Å². The van der Waals surface area contributed by atoms with Crippen molar-refractivity contribution in [3.8, 4) is 5.69 Å². The van der Waals surface area contributed by atoms with E-state index >= 15 is 0 Å². The van der Waals surface area contributed by atoms with Gasteiger partial charge in [0.1, 0.15) is 0 Å². The number of aromatic nitrogens is 2. The average Bonchev–Trinajstić information content (AvgIpc) is 3.19. The summed E-state index contributed by atoms with van der Waals surface area (Å²) < 4.78 is 7.27. The summed E-state index contributed by atoms with van der Waals surface area (Å²) in [5, 5.41) is 7.55. The van der Waals surface area contributed by atoms with Gasteiger partial charge in [-0.15, -0.1) is 0 Å². The van der Waals surface area contributed by atoms with Crippen LogP contribution in [0.2, 0.25) is 0 Å². The van der Waals surface area contributed by atoms with Gasteiger partial charge in [-0.2, -0.15) is 5.10 Å². The Morgan fingerprint density at radius 2 is 1.84 bits per heavy atom.